The van der Waals surface area contributed by atoms with E-state index in [1.165, 1.54) is 44.6 Å². The molecule has 0 aliphatic heterocycles. The fourth-order valence-electron chi connectivity index (χ4n) is 7.24. The Labute approximate surface area is 156 Å². The summed E-state index contributed by atoms with van der Waals surface area (Å²) in [6.45, 7) is 6.16. The van der Waals surface area contributed by atoms with E-state index in [2.05, 4.69) is 13.8 Å². The Kier molecular flexibility index (Phi) is 4.33. The number of carbonyl (C=O) groups is 2. The van der Waals surface area contributed by atoms with E-state index in [1.807, 2.05) is 13.2 Å². The summed E-state index contributed by atoms with van der Waals surface area (Å²) in [6, 6.07) is 0. The van der Waals surface area contributed by atoms with Crippen LogP contribution in [-0.4, -0.2) is 31.1 Å². The lowest BCUT2D eigenvalue weighted by Gasteiger charge is -2.58. The third kappa shape index (κ3) is 2.51. The zero-order valence-electron chi connectivity index (χ0n) is 16.5. The molecule has 0 aromatic rings. The Hall–Kier alpha value is -1.16. The van der Waals surface area contributed by atoms with E-state index in [9.17, 15) is 9.59 Å². The number of fused-ring (bicyclic) bond motifs is 5. The quantitative estimate of drug-likeness (QED) is 0.697. The molecule has 0 aromatic carbocycles. The first kappa shape index (κ1) is 18.2. The van der Waals surface area contributed by atoms with E-state index in [1.54, 1.807) is 0 Å². The van der Waals surface area contributed by atoms with Gasteiger partial charge in [-0.1, -0.05) is 19.4 Å². The molecule has 4 aliphatic rings. The van der Waals surface area contributed by atoms with Crippen LogP contribution in [0.2, 0.25) is 0 Å². The van der Waals surface area contributed by atoms with Gasteiger partial charge in [0.05, 0.1) is 6.10 Å². The summed E-state index contributed by atoms with van der Waals surface area (Å²) >= 11 is 0. The van der Waals surface area contributed by atoms with Crippen LogP contribution in [0.4, 0.5) is 0 Å². The van der Waals surface area contributed by atoms with Crippen LogP contribution in [0.1, 0.15) is 65.7 Å². The van der Waals surface area contributed by atoms with Gasteiger partial charge in [-0.25, -0.2) is 0 Å². The maximum Gasteiger partial charge on any atom is 0.303 e. The van der Waals surface area contributed by atoms with Gasteiger partial charge in [0.25, 0.3) is 0 Å². The van der Waals surface area contributed by atoms with Gasteiger partial charge in [0.1, 0.15) is 0 Å². The van der Waals surface area contributed by atoms with Crippen LogP contribution in [-0.2, 0) is 19.1 Å². The molecule has 0 saturated heterocycles. The highest BCUT2D eigenvalue weighted by Crippen LogP contribution is 2.65. The molecule has 3 fully saturated rings. The minimum Gasteiger partial charge on any atom is -0.454 e. The van der Waals surface area contributed by atoms with Crippen molar-refractivity contribution < 1.29 is 19.1 Å². The first-order chi connectivity index (χ1) is 12.3. The molecular formula is C22H32O4. The molecule has 4 aliphatic carbocycles. The van der Waals surface area contributed by atoms with Crippen molar-refractivity contribution in [2.24, 2.45) is 28.6 Å². The predicted molar refractivity (Wildman–Crippen MR) is 98.4 cm³/mol. The average molecular weight is 360 g/mol. The molecular weight excluding hydrogens is 328 g/mol. The van der Waals surface area contributed by atoms with Crippen LogP contribution in [0.3, 0.4) is 0 Å². The Balaban J connectivity index is 1.64. The van der Waals surface area contributed by atoms with Crippen molar-refractivity contribution in [1.29, 1.82) is 0 Å². The van der Waals surface area contributed by atoms with Gasteiger partial charge in [-0.2, -0.15) is 0 Å². The van der Waals surface area contributed by atoms with E-state index in [4.69, 9.17) is 9.47 Å². The van der Waals surface area contributed by atoms with Crippen molar-refractivity contribution in [1.82, 2.24) is 0 Å². The van der Waals surface area contributed by atoms with Crippen molar-refractivity contribution in [3.63, 3.8) is 0 Å². The number of ketones is 1. The van der Waals surface area contributed by atoms with Crippen molar-refractivity contribution in [3.8, 4) is 0 Å². The van der Waals surface area contributed by atoms with Crippen molar-refractivity contribution >= 4 is 11.8 Å². The third-order valence-electron chi connectivity index (χ3n) is 8.49. The predicted octanol–water partition coefficient (Wildman–Crippen LogP) is 4.07. The minimum atomic E-state index is -0.594. The fraction of sp³-hybridized carbons (Fsp3) is 0.818. The number of hydrogen-bond donors (Lipinski definition) is 0. The summed E-state index contributed by atoms with van der Waals surface area (Å²) in [4.78, 5) is 23.9. The molecule has 0 aromatic heterocycles. The van der Waals surface area contributed by atoms with Gasteiger partial charge in [0.2, 0.25) is 0 Å². The largest absolute Gasteiger partial charge is 0.454 e. The molecule has 0 unspecified atom stereocenters. The average Bonchev–Trinajstić information content (AvgIpc) is 2.92. The minimum absolute atomic E-state index is 0.0105. The molecule has 7 atom stereocenters. The van der Waals surface area contributed by atoms with Gasteiger partial charge in [-0.3, -0.25) is 9.59 Å². The van der Waals surface area contributed by atoms with E-state index in [0.29, 0.717) is 29.8 Å². The summed E-state index contributed by atoms with van der Waals surface area (Å²) in [7, 11) is 1.86. The lowest BCUT2D eigenvalue weighted by atomic mass is 9.47. The van der Waals surface area contributed by atoms with Crippen molar-refractivity contribution in [3.05, 3.63) is 11.6 Å². The molecule has 0 spiro atoms. The van der Waals surface area contributed by atoms with Gasteiger partial charge in [0, 0.05) is 20.5 Å². The van der Waals surface area contributed by atoms with Crippen LogP contribution in [0, 0.1) is 28.6 Å². The molecule has 0 bridgehead atoms. The van der Waals surface area contributed by atoms with E-state index >= 15 is 0 Å². The van der Waals surface area contributed by atoms with Gasteiger partial charge < -0.3 is 9.47 Å². The molecule has 3 saturated carbocycles. The van der Waals surface area contributed by atoms with Crippen LogP contribution in [0.5, 0.6) is 0 Å². The standard InChI is InChI=1S/C22H32O4/c1-13(23)26-19-12-22(3)14(11-18(19)24)5-6-15-16-7-8-20(25-4)21(16,2)10-9-17(15)22/h11,15-17,19-20H,5-10,12H2,1-4H3/t15-,16-,17-,19+,20-,21-,22-/m0/s1. The number of rotatable bonds is 2. The van der Waals surface area contributed by atoms with Crippen molar-refractivity contribution in [2.45, 2.75) is 77.9 Å². The Morgan fingerprint density at radius 2 is 1.92 bits per heavy atom. The van der Waals surface area contributed by atoms with E-state index in [0.717, 1.165) is 12.3 Å². The van der Waals surface area contributed by atoms with Gasteiger partial charge in [-0.15, -0.1) is 0 Å². The van der Waals surface area contributed by atoms with Crippen LogP contribution < -0.4 is 0 Å². The Morgan fingerprint density at radius 1 is 1.15 bits per heavy atom. The zero-order valence-corrected chi connectivity index (χ0v) is 16.5. The van der Waals surface area contributed by atoms with Gasteiger partial charge >= 0.3 is 5.97 Å². The molecule has 4 heteroatoms. The number of carbonyl (C=O) groups excluding carboxylic acids is 2. The molecule has 144 valence electrons. The van der Waals surface area contributed by atoms with Crippen LogP contribution >= 0.6 is 0 Å². The smallest absolute Gasteiger partial charge is 0.303 e. The topological polar surface area (TPSA) is 52.6 Å². The highest BCUT2D eigenvalue weighted by atomic mass is 16.5. The first-order valence-corrected chi connectivity index (χ1v) is 10.2. The number of ether oxygens (including phenoxy) is 2. The number of hydrogen-bond acceptors (Lipinski definition) is 4. The summed E-state index contributed by atoms with van der Waals surface area (Å²) in [5.41, 5.74) is 1.59. The third-order valence-corrected chi connectivity index (χ3v) is 8.49. The zero-order chi connectivity index (χ0) is 18.7. The van der Waals surface area contributed by atoms with Crippen molar-refractivity contribution in [2.75, 3.05) is 7.11 Å². The maximum absolute atomic E-state index is 12.4. The molecule has 0 radical (unpaired) electrons. The summed E-state index contributed by atoms with van der Waals surface area (Å²) in [6.07, 6.45) is 9.30. The number of methoxy groups -OCH3 is 1. The molecule has 0 amide bonds. The summed E-state index contributed by atoms with van der Waals surface area (Å²) in [5.74, 6) is 1.62. The second kappa shape index (κ2) is 6.19. The monoisotopic (exact) mass is 360 g/mol. The SMILES string of the molecule is CO[C@H]1CC[C@H]2[C@@H]3CCC4=CC(=O)[C@H](OC(C)=O)C[C@]4(C)[C@H]3CC[C@]12C. The fourth-order valence-corrected chi connectivity index (χ4v) is 7.24. The molecule has 4 nitrogen and oxygen atoms in total. The Bertz CT molecular complexity index is 653. The van der Waals surface area contributed by atoms with E-state index < -0.39 is 6.10 Å². The van der Waals surface area contributed by atoms with Crippen LogP contribution in [0.25, 0.3) is 0 Å². The highest BCUT2D eigenvalue weighted by Gasteiger charge is 2.60. The molecule has 26 heavy (non-hydrogen) atoms. The maximum atomic E-state index is 12.4. The summed E-state index contributed by atoms with van der Waals surface area (Å²) in [5, 5.41) is 0. The van der Waals surface area contributed by atoms with Gasteiger partial charge in [0.15, 0.2) is 11.9 Å². The van der Waals surface area contributed by atoms with Crippen LogP contribution in [0.15, 0.2) is 11.6 Å². The number of allylic oxidation sites excluding steroid dienone is 1. The number of esters is 1. The van der Waals surface area contributed by atoms with Gasteiger partial charge in [-0.05, 0) is 73.2 Å². The highest BCUT2D eigenvalue weighted by molar-refractivity contribution is 5.96. The second-order valence-corrected chi connectivity index (χ2v) is 9.55. The lowest BCUT2D eigenvalue weighted by Crippen LogP contribution is -2.53. The van der Waals surface area contributed by atoms with E-state index in [-0.39, 0.29) is 17.2 Å². The second-order valence-electron chi connectivity index (χ2n) is 9.55. The Morgan fingerprint density at radius 3 is 2.62 bits per heavy atom. The molecule has 0 N–H and O–H groups in total. The lowest BCUT2D eigenvalue weighted by molar-refractivity contribution is -0.156. The molecule has 4 rings (SSSR count). The first-order valence-electron chi connectivity index (χ1n) is 10.2. The molecule has 0 heterocycles. The normalized spacial score (nSPS) is 47.5. The summed E-state index contributed by atoms with van der Waals surface area (Å²) < 4.78 is 11.2.